The molecule has 1 atom stereocenters. The zero-order chi connectivity index (χ0) is 24.4. The lowest BCUT2D eigenvalue weighted by Crippen LogP contribution is -2.29. The number of thioether (sulfide) groups is 1. The van der Waals surface area contributed by atoms with Gasteiger partial charge in [-0.3, -0.25) is 14.2 Å². The normalized spacial score (nSPS) is 15.4. The topological polar surface area (TPSA) is 80.7 Å². The lowest BCUT2D eigenvalue weighted by Gasteiger charge is -2.20. The highest BCUT2D eigenvalue weighted by atomic mass is 32.2. The summed E-state index contributed by atoms with van der Waals surface area (Å²) in [5.74, 6) is 0.566. The van der Waals surface area contributed by atoms with E-state index in [2.05, 4.69) is 16.7 Å². The van der Waals surface area contributed by atoms with Gasteiger partial charge < -0.3 is 4.42 Å². The molecule has 0 unspecified atom stereocenters. The minimum Gasteiger partial charge on any atom is -0.467 e. The van der Waals surface area contributed by atoms with E-state index in [9.17, 15) is 9.59 Å². The molecule has 1 amide bonds. The van der Waals surface area contributed by atoms with Crippen LogP contribution >= 0.6 is 11.8 Å². The zero-order valence-electron chi connectivity index (χ0n) is 19.3. The maximum Gasteiger partial charge on any atom is 0.262 e. The third kappa shape index (κ3) is 4.57. The van der Waals surface area contributed by atoms with Crippen molar-refractivity contribution in [3.63, 3.8) is 0 Å². The molecule has 35 heavy (non-hydrogen) atoms. The maximum atomic E-state index is 13.4. The second-order valence-corrected chi connectivity index (χ2v) is 9.23. The van der Waals surface area contributed by atoms with Crippen LogP contribution in [0.15, 0.2) is 99.1 Å². The molecule has 0 saturated heterocycles. The Morgan fingerprint density at radius 3 is 2.71 bits per heavy atom. The molecule has 0 radical (unpaired) electrons. The molecule has 0 aliphatic carbocycles. The van der Waals surface area contributed by atoms with Crippen LogP contribution in [0, 0.1) is 6.92 Å². The van der Waals surface area contributed by atoms with E-state index in [0.29, 0.717) is 34.8 Å². The summed E-state index contributed by atoms with van der Waals surface area (Å²) in [5.41, 5.74) is 3.41. The van der Waals surface area contributed by atoms with E-state index < -0.39 is 0 Å². The quantitative estimate of drug-likeness (QED) is 0.211. The van der Waals surface area contributed by atoms with Crippen molar-refractivity contribution >= 4 is 34.3 Å². The number of furan rings is 1. The van der Waals surface area contributed by atoms with Gasteiger partial charge in [0.05, 0.1) is 28.6 Å². The molecule has 0 fully saturated rings. The van der Waals surface area contributed by atoms with Crippen molar-refractivity contribution in [3.8, 4) is 0 Å². The number of aryl methyl sites for hydroxylation is 1. The number of amides is 1. The van der Waals surface area contributed by atoms with Gasteiger partial charge in [0.2, 0.25) is 0 Å². The van der Waals surface area contributed by atoms with E-state index >= 15 is 0 Å². The van der Waals surface area contributed by atoms with E-state index in [-0.39, 0.29) is 23.3 Å². The summed E-state index contributed by atoms with van der Waals surface area (Å²) in [4.78, 5) is 31.0. The second kappa shape index (κ2) is 9.76. The van der Waals surface area contributed by atoms with E-state index in [1.807, 2.05) is 55.5 Å². The molecule has 0 saturated carbocycles. The van der Waals surface area contributed by atoms with Crippen molar-refractivity contribution in [3.05, 3.63) is 107 Å². The molecule has 0 N–H and O–H groups in total. The van der Waals surface area contributed by atoms with Crippen molar-refractivity contribution in [2.24, 2.45) is 5.10 Å². The number of carbonyl (C=O) groups is 1. The molecule has 176 valence electrons. The Labute approximate surface area is 206 Å². The highest BCUT2D eigenvalue weighted by Gasteiger charge is 2.35. The van der Waals surface area contributed by atoms with Crippen LogP contribution < -0.4 is 5.56 Å². The summed E-state index contributed by atoms with van der Waals surface area (Å²) >= 11 is 1.22. The Morgan fingerprint density at radius 1 is 1.17 bits per heavy atom. The third-order valence-electron chi connectivity index (χ3n) is 5.89. The van der Waals surface area contributed by atoms with Crippen molar-refractivity contribution in [1.82, 2.24) is 14.6 Å². The summed E-state index contributed by atoms with van der Waals surface area (Å²) in [6.45, 7) is 6.10. The van der Waals surface area contributed by atoms with E-state index in [1.165, 1.54) is 16.8 Å². The molecule has 2 aromatic carbocycles. The molecule has 4 aromatic rings. The number of rotatable bonds is 7. The molecular weight excluding hydrogens is 460 g/mol. The van der Waals surface area contributed by atoms with Gasteiger partial charge in [-0.2, -0.15) is 5.10 Å². The van der Waals surface area contributed by atoms with Crippen LogP contribution in [0.4, 0.5) is 0 Å². The fourth-order valence-corrected chi connectivity index (χ4v) is 4.96. The molecule has 5 rings (SSSR count). The van der Waals surface area contributed by atoms with Crippen LogP contribution in [0.3, 0.4) is 0 Å². The first-order valence-electron chi connectivity index (χ1n) is 11.3. The minimum absolute atomic E-state index is 0.0732. The first-order valence-corrected chi connectivity index (χ1v) is 12.3. The van der Waals surface area contributed by atoms with Crippen molar-refractivity contribution < 1.29 is 9.21 Å². The Bertz CT molecular complexity index is 1470. The van der Waals surface area contributed by atoms with Crippen LogP contribution in [0.25, 0.3) is 10.9 Å². The van der Waals surface area contributed by atoms with Crippen LogP contribution in [0.2, 0.25) is 0 Å². The average Bonchev–Trinajstić information content (AvgIpc) is 3.55. The Balaban J connectivity index is 1.43. The number of nitrogens with zero attached hydrogens (tertiary/aromatic N) is 4. The lowest BCUT2D eigenvalue weighted by molar-refractivity contribution is -0.130. The highest BCUT2D eigenvalue weighted by Crippen LogP contribution is 2.34. The lowest BCUT2D eigenvalue weighted by atomic mass is 10.0. The van der Waals surface area contributed by atoms with Gasteiger partial charge in [-0.05, 0) is 36.8 Å². The van der Waals surface area contributed by atoms with Crippen LogP contribution in [-0.4, -0.2) is 31.9 Å². The fourth-order valence-electron chi connectivity index (χ4n) is 4.10. The van der Waals surface area contributed by atoms with Crippen molar-refractivity contribution in [2.45, 2.75) is 31.1 Å². The van der Waals surface area contributed by atoms with E-state index in [4.69, 9.17) is 4.42 Å². The minimum atomic E-state index is -0.325. The average molecular weight is 485 g/mol. The molecule has 1 aliphatic rings. The summed E-state index contributed by atoms with van der Waals surface area (Å²) in [6.07, 6.45) is 3.81. The number of fused-ring (bicyclic) bond motifs is 1. The van der Waals surface area contributed by atoms with E-state index in [1.54, 1.807) is 29.0 Å². The van der Waals surface area contributed by atoms with Gasteiger partial charge in [-0.15, -0.1) is 6.58 Å². The number of para-hydroxylation sites is 1. The highest BCUT2D eigenvalue weighted by molar-refractivity contribution is 7.99. The largest absolute Gasteiger partial charge is 0.467 e. The second-order valence-electron chi connectivity index (χ2n) is 8.29. The third-order valence-corrected chi connectivity index (χ3v) is 6.85. The first-order chi connectivity index (χ1) is 17.0. The number of benzene rings is 2. The number of hydrazone groups is 1. The Kier molecular flexibility index (Phi) is 6.37. The molecule has 0 bridgehead atoms. The predicted molar refractivity (Wildman–Crippen MR) is 138 cm³/mol. The van der Waals surface area contributed by atoms with Gasteiger partial charge >= 0.3 is 0 Å². The standard InChI is InChI=1S/C27H24N4O3S/c1-3-14-30-26(33)20-7-4-5-8-21(20)28-27(30)35-17-25(32)31-23(24-9-6-15-34-24)16-22(29-31)19-12-10-18(2)11-13-19/h3-13,15,23H,1,14,16-17H2,2H3/t23-/m1/s1. The SMILES string of the molecule is C=CCn1c(SCC(=O)N2N=C(c3ccc(C)cc3)C[C@@H]2c2ccco2)nc2ccccc2c1=O. The predicted octanol–water partition coefficient (Wildman–Crippen LogP) is 4.95. The van der Waals surface area contributed by atoms with E-state index in [0.717, 1.165) is 16.8 Å². The first kappa shape index (κ1) is 22.9. The molecule has 3 heterocycles. The number of carbonyl (C=O) groups excluding carboxylic acids is 1. The molecule has 2 aromatic heterocycles. The molecular formula is C27H24N4O3S. The Morgan fingerprint density at radius 2 is 1.97 bits per heavy atom. The number of hydrogen-bond donors (Lipinski definition) is 0. The maximum absolute atomic E-state index is 13.4. The number of aromatic nitrogens is 2. The van der Waals surface area contributed by atoms with Gasteiger partial charge in [-0.25, -0.2) is 9.99 Å². The smallest absolute Gasteiger partial charge is 0.262 e. The fraction of sp³-hybridized carbons (Fsp3) is 0.185. The monoisotopic (exact) mass is 484 g/mol. The zero-order valence-corrected chi connectivity index (χ0v) is 20.1. The van der Waals surface area contributed by atoms with Crippen LogP contribution in [0.5, 0.6) is 0 Å². The van der Waals surface area contributed by atoms with Crippen molar-refractivity contribution in [2.75, 3.05) is 5.75 Å². The molecule has 0 spiro atoms. The van der Waals surface area contributed by atoms with Gasteiger partial charge in [0, 0.05) is 13.0 Å². The number of hydrogen-bond acceptors (Lipinski definition) is 6. The summed E-state index contributed by atoms with van der Waals surface area (Å²) in [6, 6.07) is 18.6. The van der Waals surface area contributed by atoms with Gasteiger partial charge in [0.25, 0.3) is 11.5 Å². The molecule has 8 heteroatoms. The van der Waals surface area contributed by atoms with Gasteiger partial charge in [0.1, 0.15) is 11.8 Å². The van der Waals surface area contributed by atoms with Crippen LogP contribution in [-0.2, 0) is 11.3 Å². The van der Waals surface area contributed by atoms with Crippen LogP contribution in [0.1, 0.15) is 29.3 Å². The van der Waals surface area contributed by atoms with Gasteiger partial charge in [0.15, 0.2) is 5.16 Å². The Hall–Kier alpha value is -3.91. The summed E-state index contributed by atoms with van der Waals surface area (Å²) < 4.78 is 7.18. The summed E-state index contributed by atoms with van der Waals surface area (Å²) in [5, 5.41) is 7.19. The number of allylic oxidation sites excluding steroid dienone is 1. The van der Waals surface area contributed by atoms with Gasteiger partial charge in [-0.1, -0.05) is 59.8 Å². The molecule has 7 nitrogen and oxygen atoms in total. The van der Waals surface area contributed by atoms with Crippen molar-refractivity contribution in [1.29, 1.82) is 0 Å². The molecule has 1 aliphatic heterocycles. The summed E-state index contributed by atoms with van der Waals surface area (Å²) in [7, 11) is 0.